The molecular formula is C15H17N3O4S2. The monoisotopic (exact) mass is 367 g/mol. The fraction of sp³-hybridized carbons (Fsp3) is 0.333. The number of nitrogens with zero attached hydrogens (tertiary/aromatic N) is 1. The van der Waals surface area contributed by atoms with Gasteiger partial charge in [-0.15, -0.1) is 11.3 Å². The Morgan fingerprint density at radius 1 is 1.50 bits per heavy atom. The average molecular weight is 367 g/mol. The second-order valence-corrected chi connectivity index (χ2v) is 6.83. The van der Waals surface area contributed by atoms with Crippen molar-refractivity contribution in [2.75, 3.05) is 12.9 Å². The highest BCUT2D eigenvalue weighted by atomic mass is 32.2. The zero-order valence-corrected chi connectivity index (χ0v) is 14.8. The minimum absolute atomic E-state index is 0.0734. The van der Waals surface area contributed by atoms with Crippen molar-refractivity contribution >= 4 is 35.0 Å². The van der Waals surface area contributed by atoms with Gasteiger partial charge in [0.15, 0.2) is 5.16 Å². The molecule has 0 fully saturated rings. The highest BCUT2D eigenvalue weighted by molar-refractivity contribution is 7.99. The number of aromatic nitrogens is 2. The van der Waals surface area contributed by atoms with Crippen LogP contribution in [0.2, 0.25) is 0 Å². The molecule has 0 saturated heterocycles. The molecule has 0 bridgehead atoms. The number of hydrogen-bond donors (Lipinski definition) is 2. The number of thioether (sulfide) groups is 1. The second-order valence-electron chi connectivity index (χ2n) is 4.89. The van der Waals surface area contributed by atoms with Crippen LogP contribution in [0.25, 0.3) is 0 Å². The van der Waals surface area contributed by atoms with Crippen molar-refractivity contribution in [1.82, 2.24) is 15.3 Å². The highest BCUT2D eigenvalue weighted by Crippen LogP contribution is 2.18. The van der Waals surface area contributed by atoms with Crippen molar-refractivity contribution in [3.8, 4) is 0 Å². The van der Waals surface area contributed by atoms with Gasteiger partial charge in [-0.05, 0) is 18.4 Å². The molecule has 0 aliphatic rings. The van der Waals surface area contributed by atoms with Crippen molar-refractivity contribution < 1.29 is 14.3 Å². The van der Waals surface area contributed by atoms with E-state index < -0.39 is 5.97 Å². The van der Waals surface area contributed by atoms with Gasteiger partial charge in [0.1, 0.15) is 0 Å². The lowest BCUT2D eigenvalue weighted by Gasteiger charge is -2.11. The molecule has 7 nitrogen and oxygen atoms in total. The van der Waals surface area contributed by atoms with Crippen LogP contribution < -0.4 is 10.9 Å². The maximum absolute atomic E-state index is 12.0. The van der Waals surface area contributed by atoms with E-state index in [9.17, 15) is 14.4 Å². The maximum atomic E-state index is 12.0. The third kappa shape index (κ3) is 5.50. The van der Waals surface area contributed by atoms with Crippen LogP contribution in [0.15, 0.2) is 33.5 Å². The topological polar surface area (TPSA) is 101 Å². The number of hydrogen-bond acceptors (Lipinski definition) is 7. The van der Waals surface area contributed by atoms with E-state index in [1.54, 1.807) is 11.3 Å². The first-order chi connectivity index (χ1) is 11.5. The first-order valence-electron chi connectivity index (χ1n) is 7.10. The summed E-state index contributed by atoms with van der Waals surface area (Å²) in [5.41, 5.74) is -0.0702. The van der Waals surface area contributed by atoms with E-state index >= 15 is 0 Å². The van der Waals surface area contributed by atoms with E-state index in [0.717, 1.165) is 16.6 Å². The lowest BCUT2D eigenvalue weighted by Crippen LogP contribution is -2.27. The summed E-state index contributed by atoms with van der Waals surface area (Å²) in [5, 5.41) is 5.12. The van der Waals surface area contributed by atoms with Crippen LogP contribution >= 0.6 is 23.1 Å². The third-order valence-corrected chi connectivity index (χ3v) is 4.94. The average Bonchev–Trinajstić information content (AvgIpc) is 3.07. The van der Waals surface area contributed by atoms with Gasteiger partial charge < -0.3 is 15.0 Å². The lowest BCUT2D eigenvalue weighted by molar-refractivity contribution is -0.139. The number of aromatic amines is 1. The number of thiophene rings is 1. The molecule has 0 radical (unpaired) electrons. The highest BCUT2D eigenvalue weighted by Gasteiger charge is 2.12. The van der Waals surface area contributed by atoms with Gasteiger partial charge in [0.05, 0.1) is 31.0 Å². The van der Waals surface area contributed by atoms with Crippen LogP contribution in [-0.2, 0) is 20.7 Å². The van der Waals surface area contributed by atoms with Crippen molar-refractivity contribution in [3.05, 3.63) is 44.5 Å². The third-order valence-electron chi connectivity index (χ3n) is 3.01. The minimum atomic E-state index is -0.480. The largest absolute Gasteiger partial charge is 0.469 e. The molecule has 0 unspecified atom stereocenters. The fourth-order valence-corrected chi connectivity index (χ4v) is 3.33. The Labute approximate surface area is 146 Å². The molecule has 0 aliphatic heterocycles. The Hall–Kier alpha value is -2.13. The van der Waals surface area contributed by atoms with Gasteiger partial charge in [0.2, 0.25) is 5.91 Å². The Kier molecular flexibility index (Phi) is 6.56. The summed E-state index contributed by atoms with van der Waals surface area (Å²) >= 11 is 2.68. The number of carbonyl (C=O) groups is 2. The number of rotatable bonds is 7. The molecular weight excluding hydrogens is 350 g/mol. The molecule has 2 aromatic rings. The van der Waals surface area contributed by atoms with E-state index in [1.165, 1.54) is 13.2 Å². The molecule has 1 amide bonds. The van der Waals surface area contributed by atoms with E-state index in [2.05, 4.69) is 20.0 Å². The predicted octanol–water partition coefficient (Wildman–Crippen LogP) is 1.52. The Bertz CT molecular complexity index is 758. The SMILES string of the molecule is COC(=O)Cc1cc(=O)[nH]c(SCC(=O)N[C@H](C)c2cccs2)n1. The van der Waals surface area contributed by atoms with E-state index in [4.69, 9.17) is 0 Å². The van der Waals surface area contributed by atoms with Crippen molar-refractivity contribution in [2.24, 2.45) is 0 Å². The summed E-state index contributed by atoms with van der Waals surface area (Å²) in [5.74, 6) is -0.533. The van der Waals surface area contributed by atoms with Crippen molar-refractivity contribution in [3.63, 3.8) is 0 Å². The van der Waals surface area contributed by atoms with Gasteiger partial charge in [-0.1, -0.05) is 17.8 Å². The van der Waals surface area contributed by atoms with Crippen molar-refractivity contribution in [2.45, 2.75) is 24.5 Å². The van der Waals surface area contributed by atoms with Gasteiger partial charge in [-0.3, -0.25) is 14.4 Å². The summed E-state index contributed by atoms with van der Waals surface area (Å²) < 4.78 is 4.55. The first kappa shape index (κ1) is 18.2. The number of carbonyl (C=O) groups excluding carboxylic acids is 2. The molecule has 24 heavy (non-hydrogen) atoms. The molecule has 9 heteroatoms. The van der Waals surface area contributed by atoms with Gasteiger partial charge in [-0.2, -0.15) is 0 Å². The van der Waals surface area contributed by atoms with Crippen LogP contribution in [0.1, 0.15) is 23.5 Å². The van der Waals surface area contributed by atoms with E-state index in [1.807, 2.05) is 24.4 Å². The number of esters is 1. The van der Waals surface area contributed by atoms with Gasteiger partial charge in [0, 0.05) is 10.9 Å². The number of nitrogens with one attached hydrogen (secondary N) is 2. The Balaban J connectivity index is 1.92. The molecule has 2 N–H and O–H groups in total. The number of methoxy groups -OCH3 is 1. The normalized spacial score (nSPS) is 11.8. The summed E-state index contributed by atoms with van der Waals surface area (Å²) in [6.07, 6.45) is -0.0877. The Morgan fingerprint density at radius 3 is 2.96 bits per heavy atom. The second kappa shape index (κ2) is 8.65. The zero-order chi connectivity index (χ0) is 17.5. The minimum Gasteiger partial charge on any atom is -0.469 e. The Morgan fingerprint density at radius 2 is 2.29 bits per heavy atom. The standard InChI is InChI=1S/C15H17N3O4S2/c1-9(11-4-3-5-23-11)16-13(20)8-24-15-17-10(6-12(19)18-15)7-14(21)22-2/h3-6,9H,7-8H2,1-2H3,(H,16,20)(H,17,18,19)/t9-/m1/s1. The van der Waals surface area contributed by atoms with Gasteiger partial charge >= 0.3 is 5.97 Å². The smallest absolute Gasteiger partial charge is 0.311 e. The van der Waals surface area contributed by atoms with Crippen LogP contribution in [0.4, 0.5) is 0 Å². The number of H-pyrrole nitrogens is 1. The maximum Gasteiger partial charge on any atom is 0.311 e. The molecule has 128 valence electrons. The molecule has 0 aliphatic carbocycles. The van der Waals surface area contributed by atoms with Gasteiger partial charge in [0.25, 0.3) is 5.56 Å². The molecule has 0 spiro atoms. The van der Waals surface area contributed by atoms with Crippen molar-refractivity contribution in [1.29, 1.82) is 0 Å². The van der Waals surface area contributed by atoms with E-state index in [0.29, 0.717) is 10.9 Å². The molecule has 1 atom stereocenters. The predicted molar refractivity (Wildman–Crippen MR) is 92.2 cm³/mol. The summed E-state index contributed by atoms with van der Waals surface area (Å²) in [6.45, 7) is 1.91. The van der Waals surface area contributed by atoms with Gasteiger partial charge in [-0.25, -0.2) is 4.98 Å². The first-order valence-corrected chi connectivity index (χ1v) is 8.97. The van der Waals surface area contributed by atoms with Crippen LogP contribution in [-0.4, -0.2) is 34.7 Å². The number of amides is 1. The van der Waals surface area contributed by atoms with E-state index in [-0.39, 0.29) is 29.7 Å². The molecule has 2 aromatic heterocycles. The summed E-state index contributed by atoms with van der Waals surface area (Å²) in [4.78, 5) is 42.6. The molecule has 0 aromatic carbocycles. The lowest BCUT2D eigenvalue weighted by atomic mass is 10.3. The molecule has 2 heterocycles. The van der Waals surface area contributed by atoms with Crippen LogP contribution in [0.3, 0.4) is 0 Å². The quantitative estimate of drug-likeness (QED) is 0.437. The zero-order valence-electron chi connectivity index (χ0n) is 13.2. The fourth-order valence-electron chi connectivity index (χ4n) is 1.89. The van der Waals surface area contributed by atoms with Crippen LogP contribution in [0, 0.1) is 0 Å². The molecule has 0 saturated carbocycles. The molecule has 2 rings (SSSR count). The summed E-state index contributed by atoms with van der Waals surface area (Å²) in [6, 6.07) is 5.05. The van der Waals surface area contributed by atoms with Crippen LogP contribution in [0.5, 0.6) is 0 Å². The number of ether oxygens (including phenoxy) is 1. The summed E-state index contributed by atoms with van der Waals surface area (Å²) in [7, 11) is 1.27.